The van der Waals surface area contributed by atoms with Crippen molar-refractivity contribution in [3.05, 3.63) is 28.6 Å². The van der Waals surface area contributed by atoms with E-state index in [1.54, 1.807) is 10.7 Å². The molecule has 0 amide bonds. The van der Waals surface area contributed by atoms with Gasteiger partial charge in [0.05, 0.1) is 6.20 Å². The monoisotopic (exact) mass is 211 g/mol. The quantitative estimate of drug-likeness (QED) is 0.623. The van der Waals surface area contributed by atoms with Crippen LogP contribution in [-0.2, 0) is 0 Å². The predicted octanol–water partition coefficient (Wildman–Crippen LogP) is 1.80. The predicted molar refractivity (Wildman–Crippen MR) is 45.4 cm³/mol. The van der Waals surface area contributed by atoms with Crippen molar-refractivity contribution < 1.29 is 0 Å². The highest BCUT2D eigenvalue weighted by molar-refractivity contribution is 9.10. The molecule has 2 aromatic heterocycles. The molecule has 4 heteroatoms. The number of hydrogen-bond donors (Lipinski definition) is 0. The first-order chi connectivity index (χ1) is 5.27. The molecule has 0 aromatic carbocycles. The van der Waals surface area contributed by atoms with Crippen LogP contribution in [0.1, 0.15) is 5.69 Å². The normalized spacial score (nSPS) is 10.7. The highest BCUT2D eigenvalue weighted by Crippen LogP contribution is 2.11. The molecule has 2 heterocycles. The number of halogens is 1. The van der Waals surface area contributed by atoms with E-state index in [4.69, 9.17) is 0 Å². The van der Waals surface area contributed by atoms with Crippen LogP contribution in [-0.4, -0.2) is 14.6 Å². The van der Waals surface area contributed by atoms with Gasteiger partial charge in [0.1, 0.15) is 4.60 Å². The lowest BCUT2D eigenvalue weighted by molar-refractivity contribution is 0.905. The molecule has 0 aliphatic carbocycles. The summed E-state index contributed by atoms with van der Waals surface area (Å²) in [5.74, 6) is 0. The number of nitrogens with zero attached hydrogens (tertiary/aromatic N) is 3. The number of hydrogen-bond acceptors (Lipinski definition) is 2. The summed E-state index contributed by atoms with van der Waals surface area (Å²) >= 11 is 3.39. The molecule has 0 unspecified atom stereocenters. The van der Waals surface area contributed by atoms with Crippen molar-refractivity contribution in [1.82, 2.24) is 14.6 Å². The van der Waals surface area contributed by atoms with Gasteiger partial charge < -0.3 is 0 Å². The van der Waals surface area contributed by atoms with Gasteiger partial charge in [-0.25, -0.2) is 9.50 Å². The first-order valence-electron chi connectivity index (χ1n) is 3.24. The lowest BCUT2D eigenvalue weighted by Gasteiger charge is -1.97. The van der Waals surface area contributed by atoms with E-state index in [1.165, 1.54) is 0 Å². The lowest BCUT2D eigenvalue weighted by Crippen LogP contribution is -1.93. The van der Waals surface area contributed by atoms with Gasteiger partial charge in [-0.3, -0.25) is 0 Å². The second-order valence-corrected chi connectivity index (χ2v) is 3.13. The van der Waals surface area contributed by atoms with Crippen LogP contribution in [0, 0.1) is 6.92 Å². The Kier molecular flexibility index (Phi) is 1.42. The van der Waals surface area contributed by atoms with E-state index in [2.05, 4.69) is 26.0 Å². The molecule has 2 aromatic rings. The Morgan fingerprint density at radius 1 is 1.55 bits per heavy atom. The minimum atomic E-state index is 0.872. The molecule has 0 N–H and O–H groups in total. The summed E-state index contributed by atoms with van der Waals surface area (Å²) in [6, 6.07) is 3.80. The van der Waals surface area contributed by atoms with Crippen molar-refractivity contribution in [2.24, 2.45) is 0 Å². The maximum atomic E-state index is 4.27. The van der Waals surface area contributed by atoms with Crippen LogP contribution in [0.25, 0.3) is 5.65 Å². The Bertz CT molecular complexity index is 393. The SMILES string of the molecule is Cc1cc(Br)n2nccc2n1. The average molecular weight is 212 g/mol. The molecule has 0 fully saturated rings. The van der Waals surface area contributed by atoms with Crippen LogP contribution in [0.2, 0.25) is 0 Å². The largest absolute Gasteiger partial charge is 0.234 e. The van der Waals surface area contributed by atoms with Gasteiger partial charge in [-0.05, 0) is 28.9 Å². The zero-order valence-electron chi connectivity index (χ0n) is 5.95. The zero-order valence-corrected chi connectivity index (χ0v) is 7.54. The van der Waals surface area contributed by atoms with Gasteiger partial charge in [-0.1, -0.05) is 0 Å². The molecule has 0 radical (unpaired) electrons. The van der Waals surface area contributed by atoms with Crippen molar-refractivity contribution in [2.45, 2.75) is 6.92 Å². The zero-order chi connectivity index (χ0) is 7.84. The molecular weight excluding hydrogens is 206 g/mol. The van der Waals surface area contributed by atoms with Crippen LogP contribution in [0.15, 0.2) is 22.9 Å². The van der Waals surface area contributed by atoms with Gasteiger partial charge in [0, 0.05) is 11.8 Å². The molecular formula is C7H6BrN3. The maximum Gasteiger partial charge on any atom is 0.156 e. The highest BCUT2D eigenvalue weighted by Gasteiger charge is 1.99. The topological polar surface area (TPSA) is 30.2 Å². The molecule has 56 valence electrons. The van der Waals surface area contributed by atoms with E-state index in [1.807, 2.05) is 19.1 Å². The fourth-order valence-electron chi connectivity index (χ4n) is 0.992. The van der Waals surface area contributed by atoms with E-state index >= 15 is 0 Å². The Morgan fingerprint density at radius 2 is 2.36 bits per heavy atom. The smallest absolute Gasteiger partial charge is 0.156 e. The van der Waals surface area contributed by atoms with Crippen molar-refractivity contribution >= 4 is 21.6 Å². The molecule has 3 nitrogen and oxygen atoms in total. The number of rotatable bonds is 0. The van der Waals surface area contributed by atoms with Gasteiger partial charge in [-0.2, -0.15) is 5.10 Å². The van der Waals surface area contributed by atoms with Gasteiger partial charge in [-0.15, -0.1) is 0 Å². The van der Waals surface area contributed by atoms with Crippen molar-refractivity contribution in [3.8, 4) is 0 Å². The summed E-state index contributed by atoms with van der Waals surface area (Å²) in [5, 5.41) is 4.07. The van der Waals surface area contributed by atoms with E-state index in [9.17, 15) is 0 Å². The van der Waals surface area contributed by atoms with Crippen LogP contribution in [0.3, 0.4) is 0 Å². The van der Waals surface area contributed by atoms with Gasteiger partial charge >= 0.3 is 0 Å². The molecule has 2 rings (SSSR count). The lowest BCUT2D eigenvalue weighted by atomic mass is 10.4. The molecule has 0 atom stereocenters. The second kappa shape index (κ2) is 2.30. The van der Waals surface area contributed by atoms with E-state index in [0.29, 0.717) is 0 Å². The second-order valence-electron chi connectivity index (χ2n) is 2.32. The molecule has 0 saturated carbocycles. The standard InChI is InChI=1S/C7H6BrN3/c1-5-4-6(8)11-7(10-5)2-3-9-11/h2-4H,1H3. The Labute approximate surface area is 72.2 Å². The minimum Gasteiger partial charge on any atom is -0.234 e. The number of fused-ring (bicyclic) bond motifs is 1. The van der Waals surface area contributed by atoms with Gasteiger partial charge in [0.2, 0.25) is 0 Å². The van der Waals surface area contributed by atoms with Crippen molar-refractivity contribution in [1.29, 1.82) is 0 Å². The third kappa shape index (κ3) is 1.03. The van der Waals surface area contributed by atoms with Crippen LogP contribution in [0.4, 0.5) is 0 Å². The third-order valence-corrected chi connectivity index (χ3v) is 2.01. The maximum absolute atomic E-state index is 4.27. The first kappa shape index (κ1) is 6.79. The molecule has 0 spiro atoms. The van der Waals surface area contributed by atoms with Crippen LogP contribution >= 0.6 is 15.9 Å². The summed E-state index contributed by atoms with van der Waals surface area (Å²) in [4.78, 5) is 4.27. The molecule has 11 heavy (non-hydrogen) atoms. The van der Waals surface area contributed by atoms with E-state index < -0.39 is 0 Å². The fourth-order valence-corrected chi connectivity index (χ4v) is 1.60. The minimum absolute atomic E-state index is 0.872. The van der Waals surface area contributed by atoms with E-state index in [0.717, 1.165) is 15.9 Å². The van der Waals surface area contributed by atoms with Gasteiger partial charge in [0.25, 0.3) is 0 Å². The Hall–Kier alpha value is -0.900. The van der Waals surface area contributed by atoms with E-state index in [-0.39, 0.29) is 0 Å². The first-order valence-corrected chi connectivity index (χ1v) is 4.03. The average Bonchev–Trinajstić information content (AvgIpc) is 2.34. The summed E-state index contributed by atoms with van der Waals surface area (Å²) in [5.41, 5.74) is 1.86. The van der Waals surface area contributed by atoms with Crippen molar-refractivity contribution in [3.63, 3.8) is 0 Å². The molecule has 0 saturated heterocycles. The van der Waals surface area contributed by atoms with Gasteiger partial charge in [0.15, 0.2) is 5.65 Å². The third-order valence-electron chi connectivity index (χ3n) is 1.44. The summed E-state index contributed by atoms with van der Waals surface area (Å²) in [7, 11) is 0. The molecule has 0 bridgehead atoms. The molecule has 0 aliphatic heterocycles. The number of aromatic nitrogens is 3. The van der Waals surface area contributed by atoms with Crippen molar-refractivity contribution in [2.75, 3.05) is 0 Å². The fraction of sp³-hybridized carbons (Fsp3) is 0.143. The summed E-state index contributed by atoms with van der Waals surface area (Å²) in [6.45, 7) is 1.96. The summed E-state index contributed by atoms with van der Waals surface area (Å²) < 4.78 is 2.68. The number of aryl methyl sites for hydroxylation is 1. The van der Waals surface area contributed by atoms with Crippen LogP contribution < -0.4 is 0 Å². The molecule has 0 aliphatic rings. The highest BCUT2D eigenvalue weighted by atomic mass is 79.9. The Morgan fingerprint density at radius 3 is 3.18 bits per heavy atom. The summed E-state index contributed by atoms with van der Waals surface area (Å²) in [6.07, 6.45) is 1.73. The Balaban J connectivity index is 2.91. The van der Waals surface area contributed by atoms with Crippen LogP contribution in [0.5, 0.6) is 0 Å².